The maximum atomic E-state index is 6.35. The minimum atomic E-state index is -0.138. The second kappa shape index (κ2) is 12.1. The van der Waals surface area contributed by atoms with Crippen molar-refractivity contribution >= 4 is 32.7 Å². The number of aryl methyl sites for hydroxylation is 1. The van der Waals surface area contributed by atoms with Gasteiger partial charge in [-0.3, -0.25) is 0 Å². The van der Waals surface area contributed by atoms with Crippen molar-refractivity contribution in [3.8, 4) is 45.4 Å². The summed E-state index contributed by atoms with van der Waals surface area (Å²) < 4.78 is 8.44. The number of benzene rings is 6. The van der Waals surface area contributed by atoms with Crippen LogP contribution in [0.2, 0.25) is 0 Å². The predicted molar refractivity (Wildman–Crippen MR) is 210 cm³/mol. The van der Waals surface area contributed by atoms with Crippen molar-refractivity contribution in [3.05, 3.63) is 181 Å². The van der Waals surface area contributed by atoms with Crippen LogP contribution >= 0.6 is 0 Å². The Balaban J connectivity index is 1.18. The molecule has 6 aromatic carbocycles. The van der Waals surface area contributed by atoms with Crippen LogP contribution in [0.15, 0.2) is 168 Å². The van der Waals surface area contributed by atoms with Gasteiger partial charge < -0.3 is 19.0 Å². The summed E-state index contributed by atoms with van der Waals surface area (Å²) >= 11 is 0. The molecule has 10 aromatic rings. The van der Waals surface area contributed by atoms with Crippen LogP contribution < -0.4 is 0 Å². The molecule has 0 bridgehead atoms. The molecule has 0 saturated carbocycles. The third-order valence-electron chi connectivity index (χ3n) is 10.2. The van der Waals surface area contributed by atoms with E-state index in [1.54, 1.807) is 0 Å². The van der Waals surface area contributed by atoms with Gasteiger partial charge in [0.1, 0.15) is 0 Å². The van der Waals surface area contributed by atoms with E-state index in [4.69, 9.17) is 4.42 Å². The molecule has 0 aliphatic rings. The number of rotatable bonds is 7. The lowest BCUT2D eigenvalue weighted by molar-refractivity contribution is 0.585. The van der Waals surface area contributed by atoms with Crippen LogP contribution in [-0.2, 0) is 7.05 Å². The summed E-state index contributed by atoms with van der Waals surface area (Å²) in [5, 5.41) is 12.5. The molecule has 10 rings (SSSR count). The molecule has 0 spiro atoms. The summed E-state index contributed by atoms with van der Waals surface area (Å²) in [6.07, 6.45) is 2.05. The van der Waals surface area contributed by atoms with Crippen LogP contribution in [0, 0.1) is 0 Å². The van der Waals surface area contributed by atoms with Gasteiger partial charge in [-0.25, -0.2) is 0 Å². The van der Waals surface area contributed by atoms with Crippen molar-refractivity contribution in [2.75, 3.05) is 0 Å². The standard InChI is InChI=1S/C46H33N5O/c1-51-28-36(33-18-10-13-23-39(33)51)46-50-49-45(52-46)32-26-24-29(25-27-32)40(41-34-19-8-11-21-37(34)47-43(41)30-14-4-2-5-15-30)42-35-20-9-12-22-38(35)48-44(42)31-16-6-3-7-17-31/h2-28,40,47-48H,1H3. The van der Waals surface area contributed by atoms with Crippen LogP contribution in [0.1, 0.15) is 22.6 Å². The number of para-hydroxylation sites is 3. The third kappa shape index (κ3) is 4.88. The lowest BCUT2D eigenvalue weighted by Crippen LogP contribution is -2.06. The first-order valence-electron chi connectivity index (χ1n) is 17.5. The summed E-state index contributed by atoms with van der Waals surface area (Å²) in [7, 11) is 2.03. The average Bonchev–Trinajstić information content (AvgIpc) is 4.00. The molecule has 4 heterocycles. The molecule has 52 heavy (non-hydrogen) atoms. The highest BCUT2D eigenvalue weighted by Gasteiger charge is 2.30. The molecule has 0 saturated heterocycles. The third-order valence-corrected chi connectivity index (χ3v) is 10.2. The Hall–Kier alpha value is -6.92. The monoisotopic (exact) mass is 671 g/mol. The highest BCUT2D eigenvalue weighted by molar-refractivity contribution is 5.98. The van der Waals surface area contributed by atoms with E-state index < -0.39 is 0 Å². The molecule has 4 aromatic heterocycles. The van der Waals surface area contributed by atoms with Gasteiger partial charge in [0.2, 0.25) is 11.8 Å². The van der Waals surface area contributed by atoms with E-state index in [1.807, 2.05) is 25.4 Å². The molecule has 0 fully saturated rings. The Labute approximate surface area is 300 Å². The summed E-state index contributed by atoms with van der Waals surface area (Å²) in [5.41, 5.74) is 13.2. The van der Waals surface area contributed by atoms with Crippen molar-refractivity contribution in [3.63, 3.8) is 0 Å². The largest absolute Gasteiger partial charge is 0.416 e. The summed E-state index contributed by atoms with van der Waals surface area (Å²) in [6, 6.07) is 55.5. The molecular formula is C46H33N5O. The fourth-order valence-corrected chi connectivity index (χ4v) is 7.85. The lowest BCUT2D eigenvalue weighted by Gasteiger charge is -2.22. The number of nitrogens with one attached hydrogen (secondary N) is 2. The van der Waals surface area contributed by atoms with Crippen molar-refractivity contribution in [1.82, 2.24) is 24.7 Å². The summed E-state index contributed by atoms with van der Waals surface area (Å²) in [4.78, 5) is 7.65. The zero-order valence-corrected chi connectivity index (χ0v) is 28.4. The van der Waals surface area contributed by atoms with Gasteiger partial charge in [-0.1, -0.05) is 127 Å². The van der Waals surface area contributed by atoms with Gasteiger partial charge in [0.25, 0.3) is 0 Å². The quantitative estimate of drug-likeness (QED) is 0.177. The maximum absolute atomic E-state index is 6.35. The Morgan fingerprint density at radius 1 is 0.500 bits per heavy atom. The molecule has 0 unspecified atom stereocenters. The molecule has 248 valence electrons. The van der Waals surface area contributed by atoms with E-state index in [0.29, 0.717) is 11.8 Å². The van der Waals surface area contributed by atoms with E-state index in [-0.39, 0.29) is 5.92 Å². The second-order valence-electron chi connectivity index (χ2n) is 13.3. The lowest BCUT2D eigenvalue weighted by atomic mass is 9.80. The molecule has 6 heteroatoms. The van der Waals surface area contributed by atoms with E-state index in [2.05, 4.69) is 170 Å². The Bertz CT molecular complexity index is 2740. The number of hydrogen-bond acceptors (Lipinski definition) is 3. The van der Waals surface area contributed by atoms with E-state index in [9.17, 15) is 0 Å². The smallest absolute Gasteiger partial charge is 0.250 e. The van der Waals surface area contributed by atoms with Gasteiger partial charge in [0, 0.05) is 57.4 Å². The van der Waals surface area contributed by atoms with Gasteiger partial charge in [-0.05, 0) is 58.1 Å². The molecule has 0 radical (unpaired) electrons. The fraction of sp³-hybridized carbons (Fsp3) is 0.0435. The van der Waals surface area contributed by atoms with Crippen LogP contribution in [0.4, 0.5) is 0 Å². The maximum Gasteiger partial charge on any atom is 0.250 e. The number of nitrogens with zero attached hydrogens (tertiary/aromatic N) is 3. The van der Waals surface area contributed by atoms with Gasteiger partial charge >= 0.3 is 0 Å². The first-order valence-corrected chi connectivity index (χ1v) is 17.5. The molecule has 0 aliphatic heterocycles. The van der Waals surface area contributed by atoms with Gasteiger partial charge in [-0.2, -0.15) is 0 Å². The fourth-order valence-electron chi connectivity index (χ4n) is 7.85. The first kappa shape index (κ1) is 29.9. The Kier molecular flexibility index (Phi) is 6.99. The highest BCUT2D eigenvalue weighted by Crippen LogP contribution is 2.48. The zero-order chi connectivity index (χ0) is 34.6. The average molecular weight is 672 g/mol. The minimum absolute atomic E-state index is 0.138. The van der Waals surface area contributed by atoms with Gasteiger partial charge in [-0.15, -0.1) is 10.2 Å². The topological polar surface area (TPSA) is 75.4 Å². The summed E-state index contributed by atoms with van der Waals surface area (Å²) in [6.45, 7) is 0. The Morgan fingerprint density at radius 3 is 1.60 bits per heavy atom. The highest BCUT2D eigenvalue weighted by atomic mass is 16.4. The van der Waals surface area contributed by atoms with Gasteiger partial charge in [0.15, 0.2) is 0 Å². The number of fused-ring (bicyclic) bond motifs is 3. The second-order valence-corrected chi connectivity index (χ2v) is 13.3. The number of aromatic nitrogens is 5. The molecule has 0 amide bonds. The van der Waals surface area contributed by atoms with Crippen LogP contribution in [-0.4, -0.2) is 24.7 Å². The molecular weight excluding hydrogens is 639 g/mol. The van der Waals surface area contributed by atoms with E-state index in [0.717, 1.165) is 61.1 Å². The summed E-state index contributed by atoms with van der Waals surface area (Å²) in [5.74, 6) is 0.854. The van der Waals surface area contributed by atoms with Crippen LogP contribution in [0.5, 0.6) is 0 Å². The number of aromatic amines is 2. The molecule has 2 N–H and O–H groups in total. The predicted octanol–water partition coefficient (Wildman–Crippen LogP) is 11.4. The zero-order valence-electron chi connectivity index (χ0n) is 28.4. The normalized spacial score (nSPS) is 11.7. The minimum Gasteiger partial charge on any atom is -0.416 e. The van der Waals surface area contributed by atoms with E-state index in [1.165, 1.54) is 21.9 Å². The Morgan fingerprint density at radius 2 is 1.00 bits per heavy atom. The van der Waals surface area contributed by atoms with Crippen LogP contribution in [0.3, 0.4) is 0 Å². The number of hydrogen-bond donors (Lipinski definition) is 2. The van der Waals surface area contributed by atoms with Crippen molar-refractivity contribution in [1.29, 1.82) is 0 Å². The number of H-pyrrole nitrogens is 2. The molecule has 0 atom stereocenters. The first-order chi connectivity index (χ1) is 25.7. The van der Waals surface area contributed by atoms with Crippen LogP contribution in [0.25, 0.3) is 78.1 Å². The van der Waals surface area contributed by atoms with E-state index >= 15 is 0 Å². The SMILES string of the molecule is Cn1cc(-c2nnc(-c3ccc(C(c4c(-c5ccccc5)[nH]c5ccccc45)c4c(-c5ccccc5)[nH]c5ccccc45)cc3)o2)c2ccccc21. The molecule has 6 nitrogen and oxygen atoms in total. The molecule has 0 aliphatic carbocycles. The van der Waals surface area contributed by atoms with Gasteiger partial charge in [0.05, 0.1) is 17.0 Å². The van der Waals surface area contributed by atoms with Crippen molar-refractivity contribution in [2.24, 2.45) is 7.05 Å². The van der Waals surface area contributed by atoms with Crippen molar-refractivity contribution in [2.45, 2.75) is 5.92 Å². The van der Waals surface area contributed by atoms with Crippen molar-refractivity contribution < 1.29 is 4.42 Å².